The SMILES string of the molecule is CCCc1cc2c([cH-]1)CCCC2.[Zr]. The molecule has 0 heterocycles. The Kier molecular flexibility index (Phi) is 4.52. The van der Waals surface area contributed by atoms with E-state index in [1.54, 1.807) is 16.7 Å². The molecule has 0 spiro atoms. The molecular formula is C12H17Zr-. The quantitative estimate of drug-likeness (QED) is 0.709. The van der Waals surface area contributed by atoms with Gasteiger partial charge in [-0.3, -0.25) is 0 Å². The van der Waals surface area contributed by atoms with Gasteiger partial charge in [0.1, 0.15) is 0 Å². The summed E-state index contributed by atoms with van der Waals surface area (Å²) in [5.74, 6) is 0. The first kappa shape index (κ1) is 11.3. The second-order valence-electron chi connectivity index (χ2n) is 3.87. The fourth-order valence-electron chi connectivity index (χ4n) is 2.20. The van der Waals surface area contributed by atoms with Crippen molar-refractivity contribution in [3.05, 3.63) is 28.8 Å². The van der Waals surface area contributed by atoms with Gasteiger partial charge in [-0.1, -0.05) is 45.4 Å². The Hall–Kier alpha value is 0.233. The summed E-state index contributed by atoms with van der Waals surface area (Å²) in [7, 11) is 0. The van der Waals surface area contributed by atoms with Crippen molar-refractivity contribution in [2.45, 2.75) is 45.4 Å². The molecule has 1 aliphatic rings. The van der Waals surface area contributed by atoms with Crippen LogP contribution in [0.1, 0.15) is 42.9 Å². The van der Waals surface area contributed by atoms with Crippen LogP contribution < -0.4 is 0 Å². The second kappa shape index (κ2) is 5.20. The number of fused-ring (bicyclic) bond motifs is 1. The molecule has 70 valence electrons. The van der Waals surface area contributed by atoms with Crippen LogP contribution in [0.3, 0.4) is 0 Å². The maximum Gasteiger partial charge on any atom is 0 e. The van der Waals surface area contributed by atoms with Gasteiger partial charge in [-0.2, -0.15) is 22.8 Å². The van der Waals surface area contributed by atoms with Gasteiger partial charge < -0.3 is 0 Å². The molecule has 0 amide bonds. The smallest absolute Gasteiger partial charge is 0 e. The van der Waals surface area contributed by atoms with Gasteiger partial charge in [-0.15, -0.1) is 0 Å². The molecule has 0 aromatic heterocycles. The number of aryl methyl sites for hydroxylation is 3. The summed E-state index contributed by atoms with van der Waals surface area (Å²) in [5, 5.41) is 0. The fourth-order valence-corrected chi connectivity index (χ4v) is 2.20. The van der Waals surface area contributed by atoms with Crippen molar-refractivity contribution in [3.63, 3.8) is 0 Å². The van der Waals surface area contributed by atoms with Crippen molar-refractivity contribution < 1.29 is 26.2 Å². The van der Waals surface area contributed by atoms with E-state index in [1.165, 1.54) is 38.5 Å². The number of hydrogen-bond acceptors (Lipinski definition) is 0. The zero-order chi connectivity index (χ0) is 8.39. The molecule has 0 bridgehead atoms. The molecule has 0 atom stereocenters. The van der Waals surface area contributed by atoms with Crippen molar-refractivity contribution in [3.8, 4) is 0 Å². The number of hydrogen-bond donors (Lipinski definition) is 0. The van der Waals surface area contributed by atoms with E-state index in [9.17, 15) is 0 Å². The molecule has 0 nitrogen and oxygen atoms in total. The fraction of sp³-hybridized carbons (Fsp3) is 0.583. The van der Waals surface area contributed by atoms with Gasteiger partial charge in [0.15, 0.2) is 0 Å². The predicted octanol–water partition coefficient (Wildman–Crippen LogP) is 3.23. The topological polar surface area (TPSA) is 0 Å². The van der Waals surface area contributed by atoms with E-state index in [4.69, 9.17) is 0 Å². The van der Waals surface area contributed by atoms with E-state index in [0.717, 1.165) is 0 Å². The van der Waals surface area contributed by atoms with Crippen LogP contribution in [0.4, 0.5) is 0 Å². The maximum absolute atomic E-state index is 2.43. The molecule has 0 aliphatic heterocycles. The average Bonchev–Trinajstić information content (AvgIpc) is 2.47. The first-order valence-corrected chi connectivity index (χ1v) is 5.17. The Bertz CT molecular complexity index is 237. The van der Waals surface area contributed by atoms with Gasteiger partial charge >= 0.3 is 0 Å². The minimum Gasteiger partial charge on any atom is -0.207 e. The minimum absolute atomic E-state index is 0. The summed E-state index contributed by atoms with van der Waals surface area (Å²) in [4.78, 5) is 0. The van der Waals surface area contributed by atoms with Gasteiger partial charge in [0.2, 0.25) is 0 Å². The molecule has 0 unspecified atom stereocenters. The Labute approximate surface area is 100 Å². The van der Waals surface area contributed by atoms with Crippen LogP contribution in [-0.4, -0.2) is 0 Å². The van der Waals surface area contributed by atoms with Crippen LogP contribution in [0.5, 0.6) is 0 Å². The Balaban J connectivity index is 0.000000845. The van der Waals surface area contributed by atoms with E-state index in [1.807, 2.05) is 0 Å². The third kappa shape index (κ3) is 2.59. The van der Waals surface area contributed by atoms with Crippen molar-refractivity contribution in [2.24, 2.45) is 0 Å². The van der Waals surface area contributed by atoms with Crippen LogP contribution in [0, 0.1) is 0 Å². The zero-order valence-electron chi connectivity index (χ0n) is 8.40. The minimum atomic E-state index is 0. The molecule has 0 N–H and O–H groups in total. The molecule has 0 saturated carbocycles. The monoisotopic (exact) mass is 251 g/mol. The van der Waals surface area contributed by atoms with Crippen LogP contribution in [0.2, 0.25) is 0 Å². The first-order chi connectivity index (χ1) is 5.90. The third-order valence-electron chi connectivity index (χ3n) is 2.81. The Morgan fingerprint density at radius 2 is 2.08 bits per heavy atom. The van der Waals surface area contributed by atoms with Crippen LogP contribution in [0.15, 0.2) is 12.1 Å². The summed E-state index contributed by atoms with van der Waals surface area (Å²) in [6.45, 7) is 2.26. The summed E-state index contributed by atoms with van der Waals surface area (Å²) in [6, 6.07) is 4.86. The van der Waals surface area contributed by atoms with Crippen molar-refractivity contribution in [1.29, 1.82) is 0 Å². The van der Waals surface area contributed by atoms with Gasteiger partial charge in [0, 0.05) is 26.2 Å². The zero-order valence-corrected chi connectivity index (χ0v) is 10.9. The molecule has 0 fully saturated rings. The van der Waals surface area contributed by atoms with E-state index in [2.05, 4.69) is 19.1 Å². The van der Waals surface area contributed by atoms with Gasteiger partial charge in [-0.25, -0.2) is 6.07 Å². The van der Waals surface area contributed by atoms with Crippen LogP contribution >= 0.6 is 0 Å². The van der Waals surface area contributed by atoms with E-state index in [0.29, 0.717) is 0 Å². The van der Waals surface area contributed by atoms with Gasteiger partial charge in [0.25, 0.3) is 0 Å². The molecule has 0 saturated heterocycles. The molecule has 1 aromatic rings. The van der Waals surface area contributed by atoms with Gasteiger partial charge in [0.05, 0.1) is 0 Å². The number of rotatable bonds is 2. The molecule has 13 heavy (non-hydrogen) atoms. The van der Waals surface area contributed by atoms with E-state index in [-0.39, 0.29) is 26.2 Å². The molecule has 1 heteroatoms. The summed E-state index contributed by atoms with van der Waals surface area (Å²) in [5.41, 5.74) is 4.86. The maximum atomic E-state index is 2.43. The second-order valence-corrected chi connectivity index (χ2v) is 3.87. The van der Waals surface area contributed by atoms with E-state index >= 15 is 0 Å². The molecule has 1 aliphatic carbocycles. The van der Waals surface area contributed by atoms with Crippen LogP contribution in [-0.2, 0) is 45.5 Å². The standard InChI is InChI=1S/C12H17.Zr/c1-2-5-10-8-11-6-3-4-7-12(11)9-10;/h8-9H,2-7H2,1H3;/q-1;. The molecule has 1 aromatic carbocycles. The molecule has 2 rings (SSSR count). The first-order valence-electron chi connectivity index (χ1n) is 5.17. The van der Waals surface area contributed by atoms with Crippen LogP contribution in [0.25, 0.3) is 0 Å². The molecular weight excluding hydrogens is 235 g/mol. The summed E-state index contributed by atoms with van der Waals surface area (Å²) >= 11 is 0. The normalized spacial score (nSPS) is 14.8. The summed E-state index contributed by atoms with van der Waals surface area (Å²) < 4.78 is 0. The summed E-state index contributed by atoms with van der Waals surface area (Å²) in [6.07, 6.45) is 8.03. The van der Waals surface area contributed by atoms with Crippen molar-refractivity contribution in [2.75, 3.05) is 0 Å². The van der Waals surface area contributed by atoms with Crippen molar-refractivity contribution in [1.82, 2.24) is 0 Å². The third-order valence-corrected chi connectivity index (χ3v) is 2.81. The largest absolute Gasteiger partial charge is 0.207 e. The Morgan fingerprint density at radius 3 is 2.77 bits per heavy atom. The molecule has 0 radical (unpaired) electrons. The van der Waals surface area contributed by atoms with E-state index < -0.39 is 0 Å². The average molecular weight is 252 g/mol. The Morgan fingerprint density at radius 1 is 1.31 bits per heavy atom. The van der Waals surface area contributed by atoms with Crippen molar-refractivity contribution >= 4 is 0 Å². The van der Waals surface area contributed by atoms with Gasteiger partial charge in [-0.05, 0) is 0 Å². The predicted molar refractivity (Wildman–Crippen MR) is 52.7 cm³/mol.